The van der Waals surface area contributed by atoms with Crippen molar-refractivity contribution in [2.75, 3.05) is 0 Å². The van der Waals surface area contributed by atoms with Gasteiger partial charge in [-0.3, -0.25) is 19.7 Å². The highest BCUT2D eigenvalue weighted by molar-refractivity contribution is 9.10. The molecule has 1 aromatic carbocycles. The van der Waals surface area contributed by atoms with Crippen LogP contribution >= 0.6 is 39.1 Å². The second-order valence-corrected chi connectivity index (χ2v) is 8.92. The van der Waals surface area contributed by atoms with Gasteiger partial charge in [-0.1, -0.05) is 44.3 Å². The van der Waals surface area contributed by atoms with Crippen molar-refractivity contribution >= 4 is 50.9 Å². The van der Waals surface area contributed by atoms with Crippen LogP contribution in [0.5, 0.6) is 0 Å². The summed E-state index contributed by atoms with van der Waals surface area (Å²) in [5, 5.41) is 15.3. The molecule has 0 saturated heterocycles. The molecule has 4 N–H and O–H groups in total. The summed E-state index contributed by atoms with van der Waals surface area (Å²) >= 11 is 16.2. The molecule has 16 heteroatoms. The predicted molar refractivity (Wildman–Crippen MR) is 124 cm³/mol. The number of primary amides is 1. The van der Waals surface area contributed by atoms with Crippen molar-refractivity contribution in [3.8, 4) is 0 Å². The molecule has 0 aliphatic rings. The number of pyridine rings is 1. The Morgan fingerprint density at radius 1 is 1.14 bits per heavy atom. The summed E-state index contributed by atoms with van der Waals surface area (Å²) in [5.74, 6) is -1.90. The predicted octanol–water partition coefficient (Wildman–Crippen LogP) is 3.76. The van der Waals surface area contributed by atoms with E-state index >= 15 is 0 Å². The highest BCUT2D eigenvalue weighted by Crippen LogP contribution is 2.42. The van der Waals surface area contributed by atoms with Crippen LogP contribution in [0.1, 0.15) is 37.8 Å². The van der Waals surface area contributed by atoms with Gasteiger partial charge in [0.2, 0.25) is 11.6 Å². The first-order valence-corrected chi connectivity index (χ1v) is 11.2. The third-order valence-corrected chi connectivity index (χ3v) is 6.01. The fourth-order valence-electron chi connectivity index (χ4n) is 3.48. The maximum absolute atomic E-state index is 13.5. The summed E-state index contributed by atoms with van der Waals surface area (Å²) in [6.07, 6.45) is -1.83. The number of aromatic nitrogens is 6. The highest BCUT2D eigenvalue weighted by atomic mass is 79.9. The Bertz CT molecular complexity index is 1460. The molecule has 4 aromatic rings. The number of benzene rings is 1. The van der Waals surface area contributed by atoms with Gasteiger partial charge >= 0.3 is 6.18 Å². The van der Waals surface area contributed by atoms with E-state index in [1.54, 1.807) is 0 Å². The summed E-state index contributed by atoms with van der Waals surface area (Å²) in [7, 11) is 0. The van der Waals surface area contributed by atoms with E-state index in [-0.39, 0.29) is 32.6 Å². The lowest BCUT2D eigenvalue weighted by atomic mass is 9.89. The number of hydrogen-bond acceptors (Lipinski definition) is 6. The van der Waals surface area contributed by atoms with Crippen LogP contribution in [0.2, 0.25) is 10.0 Å². The Hall–Kier alpha value is -3.49. The molecule has 2 amide bonds. The number of rotatable bonds is 6. The summed E-state index contributed by atoms with van der Waals surface area (Å²) in [5.41, 5.74) is 1.02. The summed E-state index contributed by atoms with van der Waals surface area (Å²) in [6, 6.07) is 6.76. The lowest BCUT2D eigenvalue weighted by molar-refractivity contribution is -0.141. The number of nitrogens with two attached hydrogens (primary N) is 1. The van der Waals surface area contributed by atoms with Crippen molar-refractivity contribution in [1.82, 2.24) is 35.5 Å². The van der Waals surface area contributed by atoms with Gasteiger partial charge in [-0.15, -0.1) is 5.10 Å². The molecule has 10 nitrogen and oxygen atoms in total. The van der Waals surface area contributed by atoms with Crippen molar-refractivity contribution in [2.45, 2.75) is 11.8 Å². The SMILES string of the molecule is NC(=O)c1cc(Br)cc(Cl)c1C(NC(=O)c1ccn[nH]1)(c1ncccc1Cl)n1cc(C(F)(F)F)nn1. The molecular formula is C20H12BrCl2F3N8O2. The van der Waals surface area contributed by atoms with Crippen molar-refractivity contribution in [3.63, 3.8) is 0 Å². The summed E-state index contributed by atoms with van der Waals surface area (Å²) in [6.45, 7) is 0. The van der Waals surface area contributed by atoms with E-state index in [0.29, 0.717) is 15.4 Å². The molecule has 0 aliphatic carbocycles. The summed E-state index contributed by atoms with van der Waals surface area (Å²) < 4.78 is 41.6. The molecule has 3 aromatic heterocycles. The Labute approximate surface area is 218 Å². The molecule has 36 heavy (non-hydrogen) atoms. The van der Waals surface area contributed by atoms with Gasteiger partial charge in [-0.25, -0.2) is 4.68 Å². The van der Waals surface area contributed by atoms with E-state index in [0.717, 1.165) is 0 Å². The number of alkyl halides is 3. The number of nitrogens with one attached hydrogen (secondary N) is 2. The first-order valence-electron chi connectivity index (χ1n) is 9.67. The fraction of sp³-hybridized carbons (Fsp3) is 0.100. The van der Waals surface area contributed by atoms with Gasteiger partial charge in [0.25, 0.3) is 5.91 Å². The number of carbonyl (C=O) groups is 2. The first-order chi connectivity index (χ1) is 16.9. The van der Waals surface area contributed by atoms with E-state index in [2.05, 4.69) is 46.7 Å². The summed E-state index contributed by atoms with van der Waals surface area (Å²) in [4.78, 5) is 30.1. The quantitative estimate of drug-likeness (QED) is 0.306. The minimum atomic E-state index is -4.90. The van der Waals surface area contributed by atoms with Crippen LogP contribution in [-0.4, -0.2) is 42.0 Å². The zero-order valence-corrected chi connectivity index (χ0v) is 20.6. The van der Waals surface area contributed by atoms with E-state index in [9.17, 15) is 22.8 Å². The number of H-pyrrole nitrogens is 1. The van der Waals surface area contributed by atoms with Gasteiger partial charge in [-0.05, 0) is 30.3 Å². The van der Waals surface area contributed by atoms with E-state index in [1.165, 1.54) is 42.7 Å². The first kappa shape index (κ1) is 25.6. The number of hydrogen-bond donors (Lipinski definition) is 3. The molecule has 186 valence electrons. The van der Waals surface area contributed by atoms with Crippen LogP contribution in [0.15, 0.2) is 53.4 Å². The molecular weight excluding hydrogens is 592 g/mol. The Morgan fingerprint density at radius 2 is 1.89 bits per heavy atom. The van der Waals surface area contributed by atoms with Gasteiger partial charge < -0.3 is 11.1 Å². The number of nitrogens with zero attached hydrogens (tertiary/aromatic N) is 5. The third kappa shape index (κ3) is 4.54. The topological polar surface area (TPSA) is 144 Å². The average molecular weight is 604 g/mol. The number of carbonyl (C=O) groups excluding carboxylic acids is 2. The molecule has 1 atom stereocenters. The molecule has 1 unspecified atom stereocenters. The standard InChI is InChI=1S/C20H12BrCl2F3N8O2/c21-9-6-10(17(27)35)15(12(23)7-9)19(16-11(22)2-1-4-28-16,30-18(36)13-3-5-29-31-13)34-8-14(32-33-34)20(24,25)26/h1-8H,(H2,27,35)(H,29,31)(H,30,36). The third-order valence-electron chi connectivity index (χ3n) is 4.95. The van der Waals surface area contributed by atoms with Crippen LogP contribution in [0.25, 0.3) is 0 Å². The van der Waals surface area contributed by atoms with Crippen LogP contribution in [0.3, 0.4) is 0 Å². The second-order valence-electron chi connectivity index (χ2n) is 7.19. The van der Waals surface area contributed by atoms with Crippen LogP contribution in [0.4, 0.5) is 13.2 Å². The molecule has 4 rings (SSSR count). The molecule has 0 bridgehead atoms. The zero-order valence-electron chi connectivity index (χ0n) is 17.5. The molecule has 3 heterocycles. The number of aromatic amines is 1. The van der Waals surface area contributed by atoms with Crippen LogP contribution in [0, 0.1) is 0 Å². The maximum atomic E-state index is 13.5. The monoisotopic (exact) mass is 602 g/mol. The fourth-order valence-corrected chi connectivity index (χ4v) is 4.68. The highest BCUT2D eigenvalue weighted by Gasteiger charge is 2.48. The van der Waals surface area contributed by atoms with Gasteiger partial charge in [0.1, 0.15) is 11.4 Å². The minimum Gasteiger partial charge on any atom is -0.366 e. The molecule has 0 spiro atoms. The smallest absolute Gasteiger partial charge is 0.366 e. The molecule has 0 fully saturated rings. The molecule has 0 saturated carbocycles. The van der Waals surface area contributed by atoms with Gasteiger partial charge in [-0.2, -0.15) is 18.3 Å². The number of amides is 2. The van der Waals surface area contributed by atoms with Crippen LogP contribution < -0.4 is 11.1 Å². The van der Waals surface area contributed by atoms with Gasteiger partial charge in [0.05, 0.1) is 16.2 Å². The second kappa shape index (κ2) is 9.52. The lowest BCUT2D eigenvalue weighted by Gasteiger charge is -2.36. The van der Waals surface area contributed by atoms with E-state index < -0.39 is 29.3 Å². The molecule has 0 aliphatic heterocycles. The van der Waals surface area contributed by atoms with Crippen molar-refractivity contribution in [1.29, 1.82) is 0 Å². The van der Waals surface area contributed by atoms with E-state index in [1.807, 2.05) is 0 Å². The normalized spacial score (nSPS) is 13.3. The maximum Gasteiger partial charge on any atom is 0.436 e. The van der Waals surface area contributed by atoms with Gasteiger partial charge in [0, 0.05) is 28.0 Å². The van der Waals surface area contributed by atoms with Crippen molar-refractivity contribution in [3.05, 3.63) is 91.6 Å². The average Bonchev–Trinajstić information content (AvgIpc) is 3.50. The van der Waals surface area contributed by atoms with Crippen molar-refractivity contribution in [2.24, 2.45) is 5.73 Å². The van der Waals surface area contributed by atoms with Gasteiger partial charge in [0.15, 0.2) is 5.69 Å². The Kier molecular flexibility index (Phi) is 6.77. The Morgan fingerprint density at radius 3 is 2.47 bits per heavy atom. The van der Waals surface area contributed by atoms with Crippen LogP contribution in [-0.2, 0) is 11.8 Å². The number of halogens is 6. The van der Waals surface area contributed by atoms with E-state index in [4.69, 9.17) is 28.9 Å². The molecule has 0 radical (unpaired) electrons. The lowest BCUT2D eigenvalue weighted by Crippen LogP contribution is -2.54. The minimum absolute atomic E-state index is 0.0866. The largest absolute Gasteiger partial charge is 0.436 e. The zero-order chi connectivity index (χ0) is 26.3. The Balaban J connectivity index is 2.16. The van der Waals surface area contributed by atoms with Crippen molar-refractivity contribution < 1.29 is 22.8 Å².